The molecule has 28 heavy (non-hydrogen) atoms. The molecular formula is C21H24N4O3. The first-order chi connectivity index (χ1) is 13.3. The number of hydrogen-bond donors (Lipinski definition) is 3. The summed E-state index contributed by atoms with van der Waals surface area (Å²) >= 11 is 0. The number of hydrogen-bond acceptors (Lipinski definition) is 5. The minimum absolute atomic E-state index is 0.120. The highest BCUT2D eigenvalue weighted by Gasteiger charge is 2.35. The van der Waals surface area contributed by atoms with E-state index in [-0.39, 0.29) is 17.1 Å². The van der Waals surface area contributed by atoms with E-state index in [1.807, 2.05) is 57.2 Å². The minimum Gasteiger partial charge on any atom is -0.505 e. The van der Waals surface area contributed by atoms with Gasteiger partial charge in [-0.05, 0) is 42.1 Å². The zero-order valence-corrected chi connectivity index (χ0v) is 16.2. The predicted octanol–water partition coefficient (Wildman–Crippen LogP) is 2.95. The Bertz CT molecular complexity index is 1020. The van der Waals surface area contributed by atoms with Crippen LogP contribution in [0, 0.1) is 0 Å². The van der Waals surface area contributed by atoms with E-state index < -0.39 is 12.0 Å². The van der Waals surface area contributed by atoms with Crippen LogP contribution in [-0.4, -0.2) is 43.8 Å². The fourth-order valence-electron chi connectivity index (χ4n) is 3.87. The number of carboxylic acid groups (broad SMARTS) is 1. The van der Waals surface area contributed by atoms with Crippen LogP contribution in [-0.2, 0) is 10.2 Å². The highest BCUT2D eigenvalue weighted by Crippen LogP contribution is 2.40. The van der Waals surface area contributed by atoms with E-state index in [0.717, 1.165) is 28.6 Å². The van der Waals surface area contributed by atoms with Crippen molar-refractivity contribution >= 4 is 17.0 Å². The zero-order valence-electron chi connectivity index (χ0n) is 16.2. The van der Waals surface area contributed by atoms with Crippen LogP contribution in [0.1, 0.15) is 44.2 Å². The molecule has 7 heteroatoms. The van der Waals surface area contributed by atoms with Crippen LogP contribution >= 0.6 is 0 Å². The summed E-state index contributed by atoms with van der Waals surface area (Å²) in [5.74, 6) is -0.922. The Morgan fingerprint density at radius 3 is 2.39 bits per heavy atom. The first-order valence-electron chi connectivity index (χ1n) is 9.42. The summed E-state index contributed by atoms with van der Waals surface area (Å²) < 4.78 is 0. The van der Waals surface area contributed by atoms with Gasteiger partial charge in [0.1, 0.15) is 28.5 Å². The highest BCUT2D eigenvalue weighted by atomic mass is 16.4. The number of carboxylic acids is 1. The van der Waals surface area contributed by atoms with Gasteiger partial charge >= 0.3 is 5.97 Å². The van der Waals surface area contributed by atoms with E-state index in [9.17, 15) is 15.0 Å². The number of rotatable bonds is 3. The predicted molar refractivity (Wildman–Crippen MR) is 106 cm³/mol. The molecule has 1 unspecified atom stereocenters. The standard InChI is InChI=1S/C21H24N4O3/c1-21(2,3)14-10-12(13-8-9-22-18(13)20(27)28)11-17(19(14)26)25-23-15-6-4-5-7-16(15)24-25/h4-7,10-11,13,18,22,26H,8-9H2,1-3H3,(H,27,28)/t13?,18-/m0/s1. The van der Waals surface area contributed by atoms with Gasteiger partial charge in [0, 0.05) is 11.5 Å². The Morgan fingerprint density at radius 1 is 1.18 bits per heavy atom. The first-order valence-corrected chi connectivity index (χ1v) is 9.42. The Kier molecular flexibility index (Phi) is 4.34. The third-order valence-electron chi connectivity index (χ3n) is 5.34. The molecular weight excluding hydrogens is 356 g/mol. The number of carbonyl (C=O) groups is 1. The molecule has 0 aliphatic carbocycles. The summed E-state index contributed by atoms with van der Waals surface area (Å²) in [4.78, 5) is 13.1. The molecule has 0 spiro atoms. The molecule has 2 atom stereocenters. The van der Waals surface area contributed by atoms with Gasteiger partial charge < -0.3 is 15.5 Å². The van der Waals surface area contributed by atoms with Gasteiger partial charge in [-0.15, -0.1) is 15.0 Å². The lowest BCUT2D eigenvalue weighted by Crippen LogP contribution is -2.34. The van der Waals surface area contributed by atoms with Crippen LogP contribution in [0.15, 0.2) is 36.4 Å². The normalized spacial score (nSPS) is 20.0. The Hall–Kier alpha value is -2.93. The highest BCUT2D eigenvalue weighted by molar-refractivity contribution is 5.76. The van der Waals surface area contributed by atoms with Crippen molar-refractivity contribution in [3.05, 3.63) is 47.5 Å². The van der Waals surface area contributed by atoms with Gasteiger partial charge in [-0.2, -0.15) is 0 Å². The van der Waals surface area contributed by atoms with Crippen molar-refractivity contribution in [1.29, 1.82) is 0 Å². The van der Waals surface area contributed by atoms with E-state index >= 15 is 0 Å². The second kappa shape index (κ2) is 6.60. The second-order valence-electron chi connectivity index (χ2n) is 8.33. The van der Waals surface area contributed by atoms with Gasteiger partial charge in [-0.25, -0.2) is 0 Å². The second-order valence-corrected chi connectivity index (χ2v) is 8.33. The minimum atomic E-state index is -0.864. The molecule has 3 N–H and O–H groups in total. The van der Waals surface area contributed by atoms with Crippen LogP contribution in [0.25, 0.3) is 16.7 Å². The lowest BCUT2D eigenvalue weighted by molar-refractivity contribution is -0.139. The van der Waals surface area contributed by atoms with Gasteiger partial charge in [-0.1, -0.05) is 39.0 Å². The number of aliphatic carboxylic acids is 1. The van der Waals surface area contributed by atoms with E-state index in [0.29, 0.717) is 12.2 Å². The van der Waals surface area contributed by atoms with E-state index in [1.54, 1.807) is 0 Å². The van der Waals surface area contributed by atoms with Crippen molar-refractivity contribution in [2.75, 3.05) is 6.54 Å². The van der Waals surface area contributed by atoms with Gasteiger partial charge in [-0.3, -0.25) is 4.79 Å². The molecule has 1 aliphatic heterocycles. The molecule has 0 bridgehead atoms. The van der Waals surface area contributed by atoms with E-state index in [1.165, 1.54) is 4.80 Å². The summed E-state index contributed by atoms with van der Waals surface area (Å²) in [6.45, 7) is 6.70. The number of aromatic hydroxyl groups is 1. The molecule has 1 aromatic heterocycles. The average molecular weight is 380 g/mol. The SMILES string of the molecule is CC(C)(C)c1cc(C2CCN[C@@H]2C(=O)O)cc(-n2nc3ccccc3n2)c1O. The monoisotopic (exact) mass is 380 g/mol. The summed E-state index contributed by atoms with van der Waals surface area (Å²) in [6.07, 6.45) is 0.722. The van der Waals surface area contributed by atoms with Crippen LogP contribution in [0.5, 0.6) is 5.75 Å². The van der Waals surface area contributed by atoms with Crippen molar-refractivity contribution in [3.8, 4) is 11.4 Å². The van der Waals surface area contributed by atoms with Gasteiger partial charge in [0.2, 0.25) is 0 Å². The molecule has 4 rings (SSSR count). The lowest BCUT2D eigenvalue weighted by atomic mass is 9.82. The number of aromatic nitrogens is 3. The van der Waals surface area contributed by atoms with Gasteiger partial charge in [0.05, 0.1) is 0 Å². The average Bonchev–Trinajstić information content (AvgIpc) is 3.27. The van der Waals surface area contributed by atoms with Crippen LogP contribution < -0.4 is 5.32 Å². The summed E-state index contributed by atoms with van der Waals surface area (Å²) in [5, 5.41) is 32.6. The van der Waals surface area contributed by atoms with Gasteiger partial charge in [0.25, 0.3) is 0 Å². The largest absolute Gasteiger partial charge is 0.505 e. The Morgan fingerprint density at radius 2 is 1.82 bits per heavy atom. The fraction of sp³-hybridized carbons (Fsp3) is 0.381. The van der Waals surface area contributed by atoms with Gasteiger partial charge in [0.15, 0.2) is 0 Å². The lowest BCUT2D eigenvalue weighted by Gasteiger charge is -2.25. The van der Waals surface area contributed by atoms with Crippen molar-refractivity contribution in [2.45, 2.75) is 44.6 Å². The molecule has 2 aromatic carbocycles. The molecule has 1 fully saturated rings. The summed E-state index contributed by atoms with van der Waals surface area (Å²) in [6, 6.07) is 10.6. The van der Waals surface area contributed by atoms with Crippen LogP contribution in [0.4, 0.5) is 0 Å². The summed E-state index contributed by atoms with van der Waals surface area (Å²) in [5.41, 5.74) is 3.22. The molecule has 146 valence electrons. The van der Waals surface area contributed by atoms with E-state index in [2.05, 4.69) is 15.5 Å². The molecule has 0 saturated carbocycles. The fourth-order valence-corrected chi connectivity index (χ4v) is 3.87. The molecule has 1 saturated heterocycles. The van der Waals surface area contributed by atoms with Crippen LogP contribution in [0.2, 0.25) is 0 Å². The number of nitrogens with zero attached hydrogens (tertiary/aromatic N) is 3. The summed E-state index contributed by atoms with van der Waals surface area (Å²) in [7, 11) is 0. The zero-order chi connectivity index (χ0) is 20.1. The topological polar surface area (TPSA) is 100 Å². The Labute approximate surface area is 163 Å². The molecule has 0 amide bonds. The maximum absolute atomic E-state index is 11.7. The number of phenols is 1. The van der Waals surface area contributed by atoms with E-state index in [4.69, 9.17) is 0 Å². The third-order valence-corrected chi connectivity index (χ3v) is 5.34. The molecule has 2 heterocycles. The van der Waals surface area contributed by atoms with Crippen molar-refractivity contribution in [3.63, 3.8) is 0 Å². The number of nitrogens with one attached hydrogen (secondary N) is 1. The van der Waals surface area contributed by atoms with Crippen molar-refractivity contribution in [1.82, 2.24) is 20.3 Å². The number of benzene rings is 2. The quantitative estimate of drug-likeness (QED) is 0.646. The smallest absolute Gasteiger partial charge is 0.321 e. The maximum atomic E-state index is 11.7. The molecule has 1 aliphatic rings. The molecule has 3 aromatic rings. The first kappa shape index (κ1) is 18.4. The number of phenolic OH excluding ortho intramolecular Hbond substituents is 1. The van der Waals surface area contributed by atoms with Crippen molar-refractivity contribution < 1.29 is 15.0 Å². The number of fused-ring (bicyclic) bond motifs is 1. The van der Waals surface area contributed by atoms with Crippen molar-refractivity contribution in [2.24, 2.45) is 0 Å². The Balaban J connectivity index is 1.91. The third kappa shape index (κ3) is 3.11. The molecule has 0 radical (unpaired) electrons. The molecule has 7 nitrogen and oxygen atoms in total. The maximum Gasteiger partial charge on any atom is 0.321 e. The van der Waals surface area contributed by atoms with Crippen LogP contribution in [0.3, 0.4) is 0 Å².